The van der Waals surface area contributed by atoms with E-state index in [4.69, 9.17) is 4.99 Å². The van der Waals surface area contributed by atoms with Crippen LogP contribution in [0, 0.1) is 0 Å². The molecule has 2 atom stereocenters. The Morgan fingerprint density at radius 1 is 0.587 bits per heavy atom. The summed E-state index contributed by atoms with van der Waals surface area (Å²) in [5, 5.41) is 9.97. The van der Waals surface area contributed by atoms with E-state index < -0.39 is 0 Å². The highest BCUT2D eigenvalue weighted by molar-refractivity contribution is 6.12. The summed E-state index contributed by atoms with van der Waals surface area (Å²) in [6, 6.07) is 52.3. The fraction of sp³-hybridized carbons (Fsp3) is 0.119. The molecule has 4 nitrogen and oxygen atoms in total. The summed E-state index contributed by atoms with van der Waals surface area (Å²) >= 11 is 0. The van der Waals surface area contributed by atoms with Gasteiger partial charge >= 0.3 is 0 Å². The number of hydrogen-bond donors (Lipinski definition) is 2. The first-order chi connectivity index (χ1) is 22.6. The summed E-state index contributed by atoms with van der Waals surface area (Å²) in [5.74, 6) is 0.876. The van der Waals surface area contributed by atoms with Crippen LogP contribution in [0.2, 0.25) is 0 Å². The quantitative estimate of drug-likeness (QED) is 0.213. The molecule has 1 aliphatic heterocycles. The van der Waals surface area contributed by atoms with Gasteiger partial charge in [-0.3, -0.25) is 5.32 Å². The second kappa shape index (κ2) is 10.3. The molecule has 7 aromatic rings. The van der Waals surface area contributed by atoms with Crippen molar-refractivity contribution in [3.63, 3.8) is 0 Å². The van der Waals surface area contributed by atoms with E-state index in [-0.39, 0.29) is 17.7 Å². The maximum atomic E-state index is 5.22. The highest BCUT2D eigenvalue weighted by Gasteiger charge is 2.36. The lowest BCUT2D eigenvalue weighted by molar-refractivity contribution is 0.409. The topological polar surface area (TPSA) is 41.4 Å². The van der Waals surface area contributed by atoms with Crippen LogP contribution in [0.3, 0.4) is 0 Å². The molecular weight excluding hydrogens is 560 g/mol. The van der Waals surface area contributed by atoms with Crippen LogP contribution in [-0.4, -0.2) is 10.4 Å². The molecule has 9 rings (SSSR count). The summed E-state index contributed by atoms with van der Waals surface area (Å²) in [7, 11) is 0. The molecule has 0 amide bonds. The molecule has 0 saturated heterocycles. The fourth-order valence-electron chi connectivity index (χ4n) is 7.56. The lowest BCUT2D eigenvalue weighted by Crippen LogP contribution is -2.44. The van der Waals surface area contributed by atoms with E-state index in [0.717, 1.165) is 22.6 Å². The van der Waals surface area contributed by atoms with Gasteiger partial charge in [-0.1, -0.05) is 129 Å². The molecule has 1 aromatic heterocycles. The predicted molar refractivity (Wildman–Crippen MR) is 190 cm³/mol. The highest BCUT2D eigenvalue weighted by atomic mass is 15.3. The third-order valence-corrected chi connectivity index (χ3v) is 9.87. The molecule has 0 saturated carbocycles. The average Bonchev–Trinajstić information content (AvgIpc) is 3.56. The van der Waals surface area contributed by atoms with Gasteiger partial charge in [0.2, 0.25) is 0 Å². The van der Waals surface area contributed by atoms with Crippen LogP contribution in [-0.2, 0) is 5.41 Å². The smallest absolute Gasteiger partial charge is 0.131 e. The minimum absolute atomic E-state index is 0.0735. The van der Waals surface area contributed by atoms with Gasteiger partial charge in [-0.25, -0.2) is 4.99 Å². The van der Waals surface area contributed by atoms with Crippen molar-refractivity contribution >= 4 is 27.6 Å². The third kappa shape index (κ3) is 4.14. The number of nitrogens with zero attached hydrogens (tertiary/aromatic N) is 2. The number of amidine groups is 1. The van der Waals surface area contributed by atoms with Crippen LogP contribution in [0.25, 0.3) is 38.6 Å². The summed E-state index contributed by atoms with van der Waals surface area (Å²) in [6.45, 7) is 4.70. The van der Waals surface area contributed by atoms with Gasteiger partial charge in [0.25, 0.3) is 0 Å². The molecule has 2 heterocycles. The molecule has 2 N–H and O–H groups in total. The maximum absolute atomic E-state index is 5.22. The van der Waals surface area contributed by atoms with E-state index in [0.29, 0.717) is 0 Å². The van der Waals surface area contributed by atoms with Crippen molar-refractivity contribution in [2.75, 3.05) is 0 Å². The fourth-order valence-corrected chi connectivity index (χ4v) is 7.56. The second-order valence-corrected chi connectivity index (χ2v) is 12.9. The van der Waals surface area contributed by atoms with E-state index >= 15 is 0 Å². The summed E-state index contributed by atoms with van der Waals surface area (Å²) < 4.78 is 2.43. The Hall–Kier alpha value is -5.45. The molecule has 4 heteroatoms. The first-order valence-corrected chi connectivity index (χ1v) is 16.0. The summed E-state index contributed by atoms with van der Waals surface area (Å²) in [6.07, 6.45) is -0.256. The minimum atomic E-state index is -0.175. The number of aliphatic imine (C=N–C) groups is 1. The van der Waals surface area contributed by atoms with Crippen molar-refractivity contribution in [3.8, 4) is 16.8 Å². The van der Waals surface area contributed by atoms with Crippen LogP contribution in [0.4, 0.5) is 0 Å². The van der Waals surface area contributed by atoms with Crippen LogP contribution in [0.5, 0.6) is 0 Å². The maximum Gasteiger partial charge on any atom is 0.131 e. The van der Waals surface area contributed by atoms with Crippen LogP contribution in [0.15, 0.2) is 151 Å². The average molecular weight is 595 g/mol. The molecule has 2 unspecified atom stereocenters. The Kier molecular flexibility index (Phi) is 6.02. The van der Waals surface area contributed by atoms with Gasteiger partial charge in [-0.2, -0.15) is 0 Å². The standard InChI is InChI=1S/C42H34N4/c1-42(2)35-22-11-9-20-31(35)33-25-34-32-21-10-12-23-37(32)46(38(34)26-36(33)42)30-19-13-18-29(24-30)41-44-39(27-14-5-3-6-15-27)43-40(45-41)28-16-7-4-8-17-28/h3-26,39-40,43H,1-2H3,(H,44,45). The van der Waals surface area contributed by atoms with Gasteiger partial charge in [-0.15, -0.1) is 0 Å². The molecule has 222 valence electrons. The Labute approximate surface area is 269 Å². The normalized spacial score (nSPS) is 18.2. The Morgan fingerprint density at radius 3 is 2.13 bits per heavy atom. The van der Waals surface area contributed by atoms with Crippen LogP contribution in [0.1, 0.15) is 54.0 Å². The molecule has 6 aromatic carbocycles. The van der Waals surface area contributed by atoms with Crippen molar-refractivity contribution in [1.29, 1.82) is 0 Å². The molecule has 1 aliphatic carbocycles. The molecule has 46 heavy (non-hydrogen) atoms. The highest BCUT2D eigenvalue weighted by Crippen LogP contribution is 2.50. The monoisotopic (exact) mass is 594 g/mol. The molecule has 0 radical (unpaired) electrons. The van der Waals surface area contributed by atoms with E-state index in [1.807, 2.05) is 6.07 Å². The summed E-state index contributed by atoms with van der Waals surface area (Å²) in [4.78, 5) is 5.22. The van der Waals surface area contributed by atoms with Gasteiger partial charge < -0.3 is 9.88 Å². The lowest BCUT2D eigenvalue weighted by Gasteiger charge is -2.32. The number of para-hydroxylation sites is 1. The van der Waals surface area contributed by atoms with E-state index in [2.05, 4.69) is 169 Å². The Bertz CT molecular complexity index is 2300. The molecule has 0 fully saturated rings. The number of aromatic nitrogens is 1. The number of nitrogens with one attached hydrogen (secondary N) is 2. The minimum Gasteiger partial charge on any atom is -0.350 e. The predicted octanol–water partition coefficient (Wildman–Crippen LogP) is 9.43. The van der Waals surface area contributed by atoms with Gasteiger partial charge in [0.05, 0.1) is 11.0 Å². The number of benzene rings is 6. The van der Waals surface area contributed by atoms with Crippen molar-refractivity contribution in [2.45, 2.75) is 31.6 Å². The molecule has 0 spiro atoms. The van der Waals surface area contributed by atoms with Crippen molar-refractivity contribution in [2.24, 2.45) is 4.99 Å². The van der Waals surface area contributed by atoms with Crippen molar-refractivity contribution in [3.05, 3.63) is 173 Å². The number of hydrogen-bond acceptors (Lipinski definition) is 3. The van der Waals surface area contributed by atoms with Gasteiger partial charge in [0.15, 0.2) is 0 Å². The largest absolute Gasteiger partial charge is 0.350 e. The zero-order valence-corrected chi connectivity index (χ0v) is 25.9. The van der Waals surface area contributed by atoms with Crippen molar-refractivity contribution in [1.82, 2.24) is 15.2 Å². The first kappa shape index (κ1) is 26.9. The van der Waals surface area contributed by atoms with Crippen LogP contribution >= 0.6 is 0 Å². The van der Waals surface area contributed by atoms with Crippen molar-refractivity contribution < 1.29 is 0 Å². The second-order valence-electron chi connectivity index (χ2n) is 12.9. The summed E-state index contributed by atoms with van der Waals surface area (Å²) in [5.41, 5.74) is 12.3. The van der Waals surface area contributed by atoms with E-state index in [1.54, 1.807) is 0 Å². The van der Waals surface area contributed by atoms with E-state index in [9.17, 15) is 0 Å². The SMILES string of the molecule is CC1(C)c2ccccc2-c2cc3c4ccccc4n(-c4cccc(C5=NC(c6ccccc6)NC(c6ccccc6)N5)c4)c3cc21. The molecular formula is C42H34N4. The first-order valence-electron chi connectivity index (χ1n) is 16.0. The zero-order valence-electron chi connectivity index (χ0n) is 25.9. The van der Waals surface area contributed by atoms with Gasteiger partial charge in [0.1, 0.15) is 18.2 Å². The molecule has 0 bridgehead atoms. The third-order valence-electron chi connectivity index (χ3n) is 9.87. The van der Waals surface area contributed by atoms with Crippen LogP contribution < -0.4 is 10.6 Å². The molecule has 2 aliphatic rings. The van der Waals surface area contributed by atoms with Gasteiger partial charge in [0, 0.05) is 27.4 Å². The Morgan fingerprint density at radius 2 is 1.30 bits per heavy atom. The van der Waals surface area contributed by atoms with E-state index in [1.165, 1.54) is 49.6 Å². The number of fused-ring (bicyclic) bond motifs is 6. The Balaban J connectivity index is 1.21. The number of rotatable bonds is 4. The van der Waals surface area contributed by atoms with Gasteiger partial charge in [-0.05, 0) is 63.7 Å². The zero-order chi connectivity index (χ0) is 30.8. The lowest BCUT2D eigenvalue weighted by atomic mass is 9.82.